The lowest BCUT2D eigenvalue weighted by atomic mass is 10.6. The molecule has 9 heteroatoms. The fourth-order valence-corrected chi connectivity index (χ4v) is 1.63. The highest BCUT2D eigenvalue weighted by Crippen LogP contribution is 2.06. The molecule has 0 aliphatic heterocycles. The van der Waals surface area contributed by atoms with Crippen molar-refractivity contribution < 1.29 is 23.2 Å². The second kappa shape index (κ2) is 4.38. The summed E-state index contributed by atoms with van der Waals surface area (Å²) in [5.74, 6) is -1.11. The first-order valence-electron chi connectivity index (χ1n) is 3.75. The number of carboxylic acid groups (broad SMARTS) is 1. The van der Waals surface area contributed by atoms with Gasteiger partial charge in [0.05, 0.1) is 13.3 Å². The molecule has 8 nitrogen and oxygen atoms in total. The molecule has 0 saturated carbocycles. The van der Waals surface area contributed by atoms with Gasteiger partial charge in [0.15, 0.2) is 0 Å². The molecular weight excluding hydrogens is 226 g/mol. The van der Waals surface area contributed by atoms with E-state index in [1.807, 2.05) is 0 Å². The molecule has 0 atom stereocenters. The summed E-state index contributed by atoms with van der Waals surface area (Å²) in [5, 5.41) is 12.0. The number of aromatic nitrogens is 2. The molecule has 0 aliphatic rings. The van der Waals surface area contributed by atoms with E-state index in [0.29, 0.717) is 0 Å². The van der Waals surface area contributed by atoms with Crippen LogP contribution >= 0.6 is 0 Å². The van der Waals surface area contributed by atoms with Gasteiger partial charge in [0, 0.05) is 6.20 Å². The van der Waals surface area contributed by atoms with Gasteiger partial charge < -0.3 is 5.11 Å². The zero-order valence-electron chi connectivity index (χ0n) is 7.74. The molecule has 1 rings (SSSR count). The molecule has 0 radical (unpaired) electrons. The van der Waals surface area contributed by atoms with E-state index >= 15 is 0 Å². The number of aliphatic carboxylic acids is 1. The van der Waals surface area contributed by atoms with Crippen molar-refractivity contribution in [3.8, 4) is 0 Å². The first-order chi connectivity index (χ1) is 6.95. The minimum absolute atomic E-state index is 0.161. The Morgan fingerprint density at radius 3 is 2.93 bits per heavy atom. The number of carbonyl (C=O) groups is 1. The summed E-state index contributed by atoms with van der Waals surface area (Å²) in [7, 11) is -2.62. The van der Waals surface area contributed by atoms with Crippen LogP contribution in [0.25, 0.3) is 0 Å². The van der Waals surface area contributed by atoms with Crippen LogP contribution in [0, 0.1) is 0 Å². The molecular formula is C6H9N3O5S. The van der Waals surface area contributed by atoms with Gasteiger partial charge in [0.25, 0.3) is 10.0 Å². The molecule has 1 aromatic rings. The summed E-state index contributed by atoms with van der Waals surface area (Å²) >= 11 is 0. The van der Waals surface area contributed by atoms with E-state index < -0.39 is 22.5 Å². The minimum atomic E-state index is -3.77. The van der Waals surface area contributed by atoms with Gasteiger partial charge in [0.2, 0.25) is 0 Å². The minimum Gasteiger partial charge on any atom is -0.480 e. The molecule has 0 aliphatic carbocycles. The molecule has 1 aromatic heterocycles. The zero-order chi connectivity index (χ0) is 11.5. The number of carboxylic acids is 1. The van der Waals surface area contributed by atoms with Crippen molar-refractivity contribution in [2.45, 2.75) is 11.4 Å². The predicted molar refractivity (Wildman–Crippen MR) is 47.2 cm³/mol. The second-order valence-corrected chi connectivity index (χ2v) is 4.20. The number of nitrogens with one attached hydrogen (secondary N) is 1. The van der Waals surface area contributed by atoms with Crippen LogP contribution in [0.15, 0.2) is 17.3 Å². The third kappa shape index (κ3) is 3.01. The average Bonchev–Trinajstić information content (AvgIpc) is 2.51. The van der Waals surface area contributed by atoms with Crippen LogP contribution in [0.4, 0.5) is 0 Å². The van der Waals surface area contributed by atoms with Crippen molar-refractivity contribution in [1.29, 1.82) is 0 Å². The van der Waals surface area contributed by atoms with Gasteiger partial charge >= 0.3 is 5.97 Å². The summed E-state index contributed by atoms with van der Waals surface area (Å²) in [6, 6.07) is 0. The van der Waals surface area contributed by atoms with Crippen molar-refractivity contribution in [1.82, 2.24) is 14.7 Å². The maximum absolute atomic E-state index is 11.3. The summed E-state index contributed by atoms with van der Waals surface area (Å²) in [4.78, 5) is 16.2. The van der Waals surface area contributed by atoms with Crippen molar-refractivity contribution >= 4 is 16.0 Å². The molecule has 15 heavy (non-hydrogen) atoms. The molecule has 2 N–H and O–H groups in total. The van der Waals surface area contributed by atoms with Gasteiger partial charge in [-0.25, -0.2) is 8.42 Å². The van der Waals surface area contributed by atoms with Gasteiger partial charge in [-0.2, -0.15) is 5.10 Å². The van der Waals surface area contributed by atoms with Crippen LogP contribution < -0.4 is 4.89 Å². The lowest BCUT2D eigenvalue weighted by Gasteiger charge is -1.99. The van der Waals surface area contributed by atoms with Crippen LogP contribution in [0.2, 0.25) is 0 Å². The summed E-state index contributed by atoms with van der Waals surface area (Å²) in [6.07, 6.45) is 2.12. The van der Waals surface area contributed by atoms with Gasteiger partial charge in [-0.05, 0) is 0 Å². The largest absolute Gasteiger partial charge is 0.480 e. The van der Waals surface area contributed by atoms with Gasteiger partial charge in [-0.1, -0.05) is 4.89 Å². The fourth-order valence-electron chi connectivity index (χ4n) is 0.866. The van der Waals surface area contributed by atoms with Gasteiger partial charge in [0.1, 0.15) is 11.4 Å². The van der Waals surface area contributed by atoms with E-state index in [4.69, 9.17) is 5.11 Å². The van der Waals surface area contributed by atoms with Crippen LogP contribution in [-0.4, -0.2) is 36.4 Å². The highest BCUT2D eigenvalue weighted by atomic mass is 32.2. The Kier molecular flexibility index (Phi) is 3.39. The number of hydrogen-bond acceptors (Lipinski definition) is 5. The van der Waals surface area contributed by atoms with Crippen molar-refractivity contribution in [3.05, 3.63) is 12.4 Å². The highest BCUT2D eigenvalue weighted by Gasteiger charge is 2.16. The Morgan fingerprint density at radius 2 is 2.40 bits per heavy atom. The van der Waals surface area contributed by atoms with E-state index in [0.717, 1.165) is 24.2 Å². The first-order valence-corrected chi connectivity index (χ1v) is 5.23. The SMILES string of the molecule is CONS(=O)(=O)c1cnn(CC(=O)O)c1. The zero-order valence-corrected chi connectivity index (χ0v) is 8.56. The number of nitrogens with zero attached hydrogens (tertiary/aromatic N) is 2. The Morgan fingerprint density at radius 1 is 1.73 bits per heavy atom. The number of sulfonamides is 1. The van der Waals surface area contributed by atoms with E-state index in [1.165, 1.54) is 0 Å². The normalized spacial score (nSPS) is 11.5. The molecule has 0 fully saturated rings. The Hall–Kier alpha value is -1.45. The third-order valence-electron chi connectivity index (χ3n) is 1.41. The molecule has 0 amide bonds. The number of rotatable bonds is 5. The number of hydrogen-bond donors (Lipinski definition) is 2. The Bertz CT molecular complexity index is 451. The third-order valence-corrected chi connectivity index (χ3v) is 2.63. The van der Waals surface area contributed by atoms with Gasteiger partial charge in [-0.3, -0.25) is 14.3 Å². The molecule has 0 bridgehead atoms. The van der Waals surface area contributed by atoms with E-state index in [9.17, 15) is 13.2 Å². The molecule has 1 heterocycles. The van der Waals surface area contributed by atoms with Crippen molar-refractivity contribution in [3.63, 3.8) is 0 Å². The molecule has 0 unspecified atom stereocenters. The Labute approximate surface area is 85.5 Å². The molecule has 84 valence electrons. The topological polar surface area (TPSA) is 111 Å². The smallest absolute Gasteiger partial charge is 0.325 e. The molecule has 0 aromatic carbocycles. The lowest BCUT2D eigenvalue weighted by Crippen LogP contribution is -2.21. The van der Waals surface area contributed by atoms with Gasteiger partial charge in [-0.15, -0.1) is 0 Å². The molecule has 0 spiro atoms. The van der Waals surface area contributed by atoms with Crippen LogP contribution in [-0.2, 0) is 26.2 Å². The van der Waals surface area contributed by atoms with Crippen LogP contribution in [0.5, 0.6) is 0 Å². The Balaban J connectivity index is 2.89. The first kappa shape index (κ1) is 11.6. The summed E-state index contributed by atoms with van der Waals surface area (Å²) < 4.78 is 23.6. The lowest BCUT2D eigenvalue weighted by molar-refractivity contribution is -0.137. The predicted octanol–water partition coefficient (Wildman–Crippen LogP) is -1.19. The molecule has 0 saturated heterocycles. The van der Waals surface area contributed by atoms with Crippen LogP contribution in [0.3, 0.4) is 0 Å². The monoisotopic (exact) mass is 235 g/mol. The average molecular weight is 235 g/mol. The maximum Gasteiger partial charge on any atom is 0.325 e. The standard InChI is InChI=1S/C6H9N3O5S/c1-14-8-15(12,13)5-2-7-9(3-5)4-6(10)11/h2-3,8H,4H2,1H3,(H,10,11). The van der Waals surface area contributed by atoms with Crippen molar-refractivity contribution in [2.75, 3.05) is 7.11 Å². The second-order valence-electron chi connectivity index (χ2n) is 2.56. The fraction of sp³-hybridized carbons (Fsp3) is 0.333. The van der Waals surface area contributed by atoms with Crippen molar-refractivity contribution in [2.24, 2.45) is 0 Å². The quantitative estimate of drug-likeness (QED) is 0.621. The summed E-state index contributed by atoms with van der Waals surface area (Å²) in [6.45, 7) is -0.400. The highest BCUT2D eigenvalue weighted by molar-refractivity contribution is 7.89. The maximum atomic E-state index is 11.3. The summed E-state index contributed by atoms with van der Waals surface area (Å²) in [5.41, 5.74) is 0. The van der Waals surface area contributed by atoms with E-state index in [-0.39, 0.29) is 4.90 Å². The van der Waals surface area contributed by atoms with Crippen LogP contribution in [0.1, 0.15) is 0 Å². The van der Waals surface area contributed by atoms with E-state index in [1.54, 1.807) is 4.89 Å². The van der Waals surface area contributed by atoms with E-state index in [2.05, 4.69) is 9.94 Å².